The molecule has 0 heteroatoms. The first-order chi connectivity index (χ1) is 7.71. The zero-order valence-electron chi connectivity index (χ0n) is 12.8. The topological polar surface area (TPSA) is 0 Å². The predicted octanol–water partition coefficient (Wildman–Crippen LogP) is 5.69. The maximum Gasteiger partial charge on any atom is -0.0274 e. The Morgan fingerprint density at radius 1 is 1.06 bits per heavy atom. The van der Waals surface area contributed by atoms with Crippen LogP contribution >= 0.6 is 0 Å². The molecule has 0 N–H and O–H groups in total. The van der Waals surface area contributed by atoms with E-state index in [1.165, 1.54) is 31.3 Å². The Morgan fingerprint density at radius 2 is 1.59 bits per heavy atom. The lowest BCUT2D eigenvalue weighted by molar-refractivity contribution is 0.102. The van der Waals surface area contributed by atoms with E-state index < -0.39 is 0 Å². The maximum absolute atomic E-state index is 4.08. The Kier molecular flexibility index (Phi) is 4.86. The van der Waals surface area contributed by atoms with Gasteiger partial charge in [-0.25, -0.2) is 0 Å². The Labute approximate surface area is 109 Å². The summed E-state index contributed by atoms with van der Waals surface area (Å²) >= 11 is 0. The van der Waals surface area contributed by atoms with Crippen LogP contribution in [0, 0.1) is 29.1 Å². The van der Waals surface area contributed by atoms with Gasteiger partial charge in [0.25, 0.3) is 0 Å². The van der Waals surface area contributed by atoms with Gasteiger partial charge in [0.2, 0.25) is 0 Å². The van der Waals surface area contributed by atoms with Crippen LogP contribution in [-0.4, -0.2) is 0 Å². The van der Waals surface area contributed by atoms with E-state index in [0.29, 0.717) is 5.41 Å². The van der Waals surface area contributed by atoms with E-state index in [-0.39, 0.29) is 0 Å². The fraction of sp³-hybridized carbons (Fsp3) is 0.882. The van der Waals surface area contributed by atoms with Gasteiger partial charge in [0.15, 0.2) is 0 Å². The highest BCUT2D eigenvalue weighted by molar-refractivity contribution is 4.95. The highest BCUT2D eigenvalue weighted by Crippen LogP contribution is 2.44. The molecule has 0 aromatic heterocycles. The summed E-state index contributed by atoms with van der Waals surface area (Å²) in [5, 5.41) is 0. The van der Waals surface area contributed by atoms with Crippen molar-refractivity contribution in [1.82, 2.24) is 0 Å². The molecule has 1 fully saturated rings. The monoisotopic (exact) mass is 236 g/mol. The number of hydrogen-bond donors (Lipinski definition) is 0. The third-order valence-electron chi connectivity index (χ3n) is 4.79. The fourth-order valence-electron chi connectivity index (χ4n) is 3.84. The zero-order valence-corrected chi connectivity index (χ0v) is 12.8. The van der Waals surface area contributed by atoms with E-state index in [1.54, 1.807) is 0 Å². The molecule has 1 saturated carbocycles. The molecule has 1 aliphatic carbocycles. The molecule has 0 bridgehead atoms. The van der Waals surface area contributed by atoms with Gasteiger partial charge in [-0.05, 0) is 61.7 Å². The van der Waals surface area contributed by atoms with Crippen LogP contribution in [0.3, 0.4) is 0 Å². The Balaban J connectivity index is 2.58. The molecule has 100 valence electrons. The second-order valence-corrected chi connectivity index (χ2v) is 7.67. The largest absolute Gasteiger partial charge is 0.100 e. The molecule has 0 aromatic carbocycles. The molecule has 1 aliphatic rings. The van der Waals surface area contributed by atoms with Gasteiger partial charge in [-0.2, -0.15) is 0 Å². The predicted molar refractivity (Wildman–Crippen MR) is 78.0 cm³/mol. The maximum atomic E-state index is 4.08. The van der Waals surface area contributed by atoms with Crippen molar-refractivity contribution in [2.75, 3.05) is 0 Å². The lowest BCUT2D eigenvalue weighted by atomic mass is 9.65. The van der Waals surface area contributed by atoms with E-state index in [2.05, 4.69) is 48.1 Å². The van der Waals surface area contributed by atoms with Gasteiger partial charge in [0.1, 0.15) is 0 Å². The van der Waals surface area contributed by atoms with Gasteiger partial charge in [0, 0.05) is 0 Å². The van der Waals surface area contributed by atoms with Crippen molar-refractivity contribution in [3.63, 3.8) is 0 Å². The molecule has 0 nitrogen and oxygen atoms in total. The van der Waals surface area contributed by atoms with Crippen LogP contribution in [0.5, 0.6) is 0 Å². The second-order valence-electron chi connectivity index (χ2n) is 7.67. The van der Waals surface area contributed by atoms with Crippen LogP contribution in [0.2, 0.25) is 0 Å². The van der Waals surface area contributed by atoms with Crippen LogP contribution < -0.4 is 0 Å². The molecule has 0 heterocycles. The molecule has 0 aliphatic heterocycles. The zero-order chi connectivity index (χ0) is 13.2. The molecule has 0 saturated heterocycles. The van der Waals surface area contributed by atoms with Crippen molar-refractivity contribution >= 4 is 0 Å². The first-order valence-electron chi connectivity index (χ1n) is 7.35. The summed E-state index contributed by atoms with van der Waals surface area (Å²) in [7, 11) is 0. The third-order valence-corrected chi connectivity index (χ3v) is 4.79. The highest BCUT2D eigenvalue weighted by atomic mass is 14.4. The van der Waals surface area contributed by atoms with Gasteiger partial charge in [-0.15, -0.1) is 6.58 Å². The summed E-state index contributed by atoms with van der Waals surface area (Å²) in [5.41, 5.74) is 1.77. The van der Waals surface area contributed by atoms with Crippen LogP contribution in [0.4, 0.5) is 0 Å². The minimum atomic E-state index is 0.436. The molecule has 0 aromatic rings. The molecule has 0 radical (unpaired) electrons. The van der Waals surface area contributed by atoms with Crippen LogP contribution in [0.25, 0.3) is 0 Å². The highest BCUT2D eigenvalue weighted by Gasteiger charge is 2.33. The quantitative estimate of drug-likeness (QED) is 0.550. The van der Waals surface area contributed by atoms with Crippen molar-refractivity contribution in [2.24, 2.45) is 29.1 Å². The van der Waals surface area contributed by atoms with Gasteiger partial charge in [0.05, 0.1) is 0 Å². The first kappa shape index (κ1) is 14.8. The lowest BCUT2D eigenvalue weighted by Crippen LogP contribution is -2.31. The van der Waals surface area contributed by atoms with Gasteiger partial charge < -0.3 is 0 Å². The standard InChI is InChI=1S/C17H32/c1-12(2)10-17(6,7)11-16-9-14(4)13(3)8-15(16)5/h13-16H,1,8-11H2,2-7H3. The fourth-order valence-corrected chi connectivity index (χ4v) is 3.84. The summed E-state index contributed by atoms with van der Waals surface area (Å²) < 4.78 is 0. The normalized spacial score (nSPS) is 34.7. The minimum absolute atomic E-state index is 0.436. The van der Waals surface area contributed by atoms with Gasteiger partial charge in [-0.1, -0.05) is 40.2 Å². The van der Waals surface area contributed by atoms with E-state index in [1.807, 2.05) is 0 Å². The molecule has 17 heavy (non-hydrogen) atoms. The second kappa shape index (κ2) is 5.59. The van der Waals surface area contributed by atoms with Crippen LogP contribution in [-0.2, 0) is 0 Å². The molecular formula is C17H32. The summed E-state index contributed by atoms with van der Waals surface area (Å²) in [6, 6.07) is 0. The Morgan fingerprint density at radius 3 is 2.12 bits per heavy atom. The molecule has 4 unspecified atom stereocenters. The van der Waals surface area contributed by atoms with Crippen molar-refractivity contribution in [1.29, 1.82) is 0 Å². The summed E-state index contributed by atoms with van der Waals surface area (Å²) in [6.07, 6.45) is 5.41. The van der Waals surface area contributed by atoms with Gasteiger partial charge in [-0.3, -0.25) is 0 Å². The Hall–Kier alpha value is -0.260. The molecule has 0 amide bonds. The van der Waals surface area contributed by atoms with E-state index >= 15 is 0 Å². The number of rotatable bonds is 4. The molecular weight excluding hydrogens is 204 g/mol. The van der Waals surface area contributed by atoms with E-state index in [0.717, 1.165) is 23.7 Å². The van der Waals surface area contributed by atoms with Crippen molar-refractivity contribution in [3.05, 3.63) is 12.2 Å². The lowest BCUT2D eigenvalue weighted by Gasteiger charge is -2.41. The molecule has 4 atom stereocenters. The average Bonchev–Trinajstić information content (AvgIpc) is 2.11. The van der Waals surface area contributed by atoms with Crippen molar-refractivity contribution in [2.45, 2.75) is 67.2 Å². The van der Waals surface area contributed by atoms with Gasteiger partial charge >= 0.3 is 0 Å². The Bertz CT molecular complexity index is 261. The van der Waals surface area contributed by atoms with Crippen molar-refractivity contribution < 1.29 is 0 Å². The van der Waals surface area contributed by atoms with E-state index in [9.17, 15) is 0 Å². The first-order valence-corrected chi connectivity index (χ1v) is 7.35. The third kappa shape index (κ3) is 4.48. The average molecular weight is 236 g/mol. The molecule has 1 rings (SSSR count). The SMILES string of the molecule is C=C(C)CC(C)(C)CC1CC(C)C(C)CC1C. The van der Waals surface area contributed by atoms with Crippen LogP contribution in [0.15, 0.2) is 12.2 Å². The van der Waals surface area contributed by atoms with Crippen LogP contribution in [0.1, 0.15) is 67.2 Å². The molecule has 0 spiro atoms. The summed E-state index contributed by atoms with van der Waals surface area (Å²) in [6.45, 7) is 18.4. The summed E-state index contributed by atoms with van der Waals surface area (Å²) in [4.78, 5) is 0. The smallest absolute Gasteiger partial charge is 0.0274 e. The van der Waals surface area contributed by atoms with Crippen molar-refractivity contribution in [3.8, 4) is 0 Å². The number of allylic oxidation sites excluding steroid dienone is 1. The minimum Gasteiger partial charge on any atom is -0.100 e. The van der Waals surface area contributed by atoms with E-state index in [4.69, 9.17) is 0 Å². The summed E-state index contributed by atoms with van der Waals surface area (Å²) in [5.74, 6) is 3.67. The number of hydrogen-bond acceptors (Lipinski definition) is 0.